The van der Waals surface area contributed by atoms with E-state index in [4.69, 9.17) is 5.73 Å². The SMILES string of the molecule is NCC1(Cc2c(F)cccc2F)CCCCCC1. The van der Waals surface area contributed by atoms with E-state index < -0.39 is 11.6 Å². The van der Waals surface area contributed by atoms with Gasteiger partial charge in [0.05, 0.1) is 0 Å². The lowest BCUT2D eigenvalue weighted by atomic mass is 9.75. The zero-order valence-corrected chi connectivity index (χ0v) is 10.7. The van der Waals surface area contributed by atoms with Crippen LogP contribution in [0.1, 0.15) is 44.1 Å². The summed E-state index contributed by atoms with van der Waals surface area (Å²) in [6.45, 7) is 0.515. The van der Waals surface area contributed by atoms with Crippen LogP contribution >= 0.6 is 0 Å². The third kappa shape index (κ3) is 2.89. The molecule has 1 aromatic rings. The van der Waals surface area contributed by atoms with Crippen molar-refractivity contribution in [3.63, 3.8) is 0 Å². The van der Waals surface area contributed by atoms with Crippen LogP contribution < -0.4 is 5.73 Å². The maximum atomic E-state index is 13.7. The van der Waals surface area contributed by atoms with Gasteiger partial charge in [-0.2, -0.15) is 0 Å². The zero-order chi connectivity index (χ0) is 13.0. The molecule has 1 aliphatic rings. The quantitative estimate of drug-likeness (QED) is 0.814. The van der Waals surface area contributed by atoms with Gasteiger partial charge in [0.2, 0.25) is 0 Å². The molecule has 0 aromatic heterocycles. The van der Waals surface area contributed by atoms with Crippen LogP contribution in [0.4, 0.5) is 8.78 Å². The predicted molar refractivity (Wildman–Crippen MR) is 69.3 cm³/mol. The second-order valence-electron chi connectivity index (χ2n) is 5.50. The van der Waals surface area contributed by atoms with Crippen LogP contribution in [-0.2, 0) is 6.42 Å². The van der Waals surface area contributed by atoms with Crippen molar-refractivity contribution >= 4 is 0 Å². The maximum absolute atomic E-state index is 13.7. The highest BCUT2D eigenvalue weighted by atomic mass is 19.1. The maximum Gasteiger partial charge on any atom is 0.129 e. The molecule has 0 aliphatic heterocycles. The monoisotopic (exact) mass is 253 g/mol. The lowest BCUT2D eigenvalue weighted by Crippen LogP contribution is -2.33. The molecule has 18 heavy (non-hydrogen) atoms. The molecule has 1 saturated carbocycles. The Morgan fingerprint density at radius 3 is 2.06 bits per heavy atom. The van der Waals surface area contributed by atoms with Crippen LogP contribution in [0.15, 0.2) is 18.2 Å². The molecule has 0 spiro atoms. The van der Waals surface area contributed by atoms with Crippen molar-refractivity contribution in [3.8, 4) is 0 Å². The Kier molecular flexibility index (Phi) is 4.33. The third-order valence-electron chi connectivity index (χ3n) is 4.21. The van der Waals surface area contributed by atoms with Gasteiger partial charge in [-0.25, -0.2) is 8.78 Å². The lowest BCUT2D eigenvalue weighted by molar-refractivity contribution is 0.246. The summed E-state index contributed by atoms with van der Waals surface area (Å²) in [6.07, 6.45) is 7.06. The molecule has 0 atom stereocenters. The minimum Gasteiger partial charge on any atom is -0.330 e. The first kappa shape index (κ1) is 13.5. The number of hydrogen-bond acceptors (Lipinski definition) is 1. The highest BCUT2D eigenvalue weighted by Gasteiger charge is 2.31. The summed E-state index contributed by atoms with van der Waals surface area (Å²) in [5.74, 6) is -0.876. The number of benzene rings is 1. The van der Waals surface area contributed by atoms with Crippen molar-refractivity contribution in [1.29, 1.82) is 0 Å². The van der Waals surface area contributed by atoms with E-state index in [1.807, 2.05) is 0 Å². The first-order valence-corrected chi connectivity index (χ1v) is 6.80. The molecule has 0 heterocycles. The van der Waals surface area contributed by atoms with Gasteiger partial charge < -0.3 is 5.73 Å². The summed E-state index contributed by atoms with van der Waals surface area (Å²) < 4.78 is 27.5. The first-order chi connectivity index (χ1) is 8.67. The molecule has 100 valence electrons. The first-order valence-electron chi connectivity index (χ1n) is 6.80. The summed E-state index contributed by atoms with van der Waals surface area (Å²) >= 11 is 0. The fraction of sp³-hybridized carbons (Fsp3) is 0.600. The van der Waals surface area contributed by atoms with E-state index in [1.165, 1.54) is 31.0 Å². The average Bonchev–Trinajstić information content (AvgIpc) is 2.60. The predicted octanol–water partition coefficient (Wildman–Crippen LogP) is 3.81. The number of halogens is 2. The smallest absolute Gasteiger partial charge is 0.129 e. The molecule has 0 radical (unpaired) electrons. The van der Waals surface area contributed by atoms with Crippen LogP contribution in [0.3, 0.4) is 0 Å². The van der Waals surface area contributed by atoms with E-state index in [-0.39, 0.29) is 11.0 Å². The second kappa shape index (κ2) is 5.79. The van der Waals surface area contributed by atoms with Crippen LogP contribution in [0.2, 0.25) is 0 Å². The van der Waals surface area contributed by atoms with Gasteiger partial charge in [0.1, 0.15) is 11.6 Å². The molecule has 0 bridgehead atoms. The number of nitrogens with two attached hydrogens (primary N) is 1. The van der Waals surface area contributed by atoms with Crippen molar-refractivity contribution in [2.45, 2.75) is 44.9 Å². The summed E-state index contributed by atoms with van der Waals surface area (Å²) in [6, 6.07) is 4.08. The van der Waals surface area contributed by atoms with E-state index in [1.54, 1.807) is 0 Å². The molecular formula is C15H21F2N. The van der Waals surface area contributed by atoms with Crippen molar-refractivity contribution in [3.05, 3.63) is 35.4 Å². The Labute approximate surface area is 107 Å². The molecular weight excluding hydrogens is 232 g/mol. The average molecular weight is 253 g/mol. The second-order valence-corrected chi connectivity index (χ2v) is 5.50. The Balaban J connectivity index is 2.23. The van der Waals surface area contributed by atoms with E-state index >= 15 is 0 Å². The zero-order valence-electron chi connectivity index (χ0n) is 10.7. The Morgan fingerprint density at radius 1 is 1.00 bits per heavy atom. The number of rotatable bonds is 3. The fourth-order valence-electron chi connectivity index (χ4n) is 3.01. The van der Waals surface area contributed by atoms with Crippen LogP contribution in [-0.4, -0.2) is 6.54 Å². The van der Waals surface area contributed by atoms with Crippen molar-refractivity contribution < 1.29 is 8.78 Å². The summed E-state index contributed by atoms with van der Waals surface area (Å²) in [4.78, 5) is 0. The van der Waals surface area contributed by atoms with E-state index in [9.17, 15) is 8.78 Å². The van der Waals surface area contributed by atoms with Crippen molar-refractivity contribution in [2.24, 2.45) is 11.1 Å². The topological polar surface area (TPSA) is 26.0 Å². The van der Waals surface area contributed by atoms with Crippen molar-refractivity contribution in [2.75, 3.05) is 6.54 Å². The summed E-state index contributed by atoms with van der Waals surface area (Å²) in [5, 5.41) is 0. The Hall–Kier alpha value is -0.960. The fourth-order valence-corrected chi connectivity index (χ4v) is 3.01. The number of hydrogen-bond donors (Lipinski definition) is 1. The van der Waals surface area contributed by atoms with Gasteiger partial charge in [0.25, 0.3) is 0 Å². The summed E-state index contributed by atoms with van der Waals surface area (Å²) in [7, 11) is 0. The largest absolute Gasteiger partial charge is 0.330 e. The minimum absolute atomic E-state index is 0.112. The minimum atomic E-state index is -0.438. The van der Waals surface area contributed by atoms with Crippen molar-refractivity contribution in [1.82, 2.24) is 0 Å². The van der Waals surface area contributed by atoms with Gasteiger partial charge in [-0.1, -0.05) is 31.7 Å². The normalized spacial score (nSPS) is 19.5. The lowest BCUT2D eigenvalue weighted by Gasteiger charge is -2.31. The highest BCUT2D eigenvalue weighted by molar-refractivity contribution is 5.21. The molecule has 0 saturated heterocycles. The van der Waals surface area contributed by atoms with Crippen LogP contribution in [0.25, 0.3) is 0 Å². The third-order valence-corrected chi connectivity index (χ3v) is 4.21. The molecule has 2 N–H and O–H groups in total. The van der Waals surface area contributed by atoms with Gasteiger partial charge >= 0.3 is 0 Å². The van der Waals surface area contributed by atoms with Gasteiger partial charge in [-0.15, -0.1) is 0 Å². The standard InChI is InChI=1S/C15H21F2N/c16-13-6-5-7-14(17)12(13)10-15(11-18)8-3-1-2-4-9-15/h5-7H,1-4,8-11,18H2. The molecule has 1 aliphatic carbocycles. The molecule has 0 unspecified atom stereocenters. The van der Waals surface area contributed by atoms with E-state index in [0.717, 1.165) is 25.7 Å². The van der Waals surface area contributed by atoms with Gasteiger partial charge in [-0.3, -0.25) is 0 Å². The Bertz CT molecular complexity index is 375. The molecule has 2 rings (SSSR count). The Morgan fingerprint density at radius 2 is 1.56 bits per heavy atom. The van der Waals surface area contributed by atoms with Crippen LogP contribution in [0.5, 0.6) is 0 Å². The molecule has 1 aromatic carbocycles. The van der Waals surface area contributed by atoms with E-state index in [2.05, 4.69) is 0 Å². The van der Waals surface area contributed by atoms with Gasteiger partial charge in [0.15, 0.2) is 0 Å². The molecule has 0 amide bonds. The van der Waals surface area contributed by atoms with Gasteiger partial charge in [0, 0.05) is 5.56 Å². The van der Waals surface area contributed by atoms with Crippen LogP contribution in [0, 0.1) is 17.0 Å². The summed E-state index contributed by atoms with van der Waals surface area (Å²) in [5.41, 5.74) is 6.01. The van der Waals surface area contributed by atoms with E-state index in [0.29, 0.717) is 13.0 Å². The molecule has 1 nitrogen and oxygen atoms in total. The molecule has 1 fully saturated rings. The molecule has 3 heteroatoms. The van der Waals surface area contributed by atoms with Gasteiger partial charge in [-0.05, 0) is 43.4 Å². The highest BCUT2D eigenvalue weighted by Crippen LogP contribution is 2.38.